The van der Waals surface area contributed by atoms with Crippen LogP contribution in [0.1, 0.15) is 11.1 Å². The first-order valence-corrected chi connectivity index (χ1v) is 12.3. The van der Waals surface area contributed by atoms with Gasteiger partial charge in [-0.15, -0.1) is 0 Å². The number of likely N-dealkylation sites (N-methyl/N-ethyl adjacent to an activating group) is 1. The lowest BCUT2D eigenvalue weighted by atomic mass is 10.2. The summed E-state index contributed by atoms with van der Waals surface area (Å²) in [4.78, 5) is 6.23. The molecule has 0 saturated carbocycles. The maximum Gasteiger partial charge on any atom is 0.263 e. The molecule has 0 saturated heterocycles. The van der Waals surface area contributed by atoms with Crippen molar-refractivity contribution in [3.05, 3.63) is 75.9 Å². The van der Waals surface area contributed by atoms with Crippen LogP contribution in [-0.4, -0.2) is 45.5 Å². The Hall–Kier alpha value is -2.52. The molecule has 0 atom stereocenters. The molecule has 1 heterocycles. The molecule has 0 unspecified atom stereocenters. The number of anilines is 1. The zero-order chi connectivity index (χ0) is 24.0. The quantitative estimate of drug-likeness (QED) is 0.413. The summed E-state index contributed by atoms with van der Waals surface area (Å²) in [7, 11) is 0.00190. The van der Waals surface area contributed by atoms with Crippen molar-refractivity contribution < 1.29 is 17.9 Å². The van der Waals surface area contributed by atoms with Crippen LogP contribution in [0.2, 0.25) is 10.0 Å². The number of pyridine rings is 1. The van der Waals surface area contributed by atoms with Crippen molar-refractivity contribution in [1.82, 2.24) is 9.88 Å². The fourth-order valence-corrected chi connectivity index (χ4v) is 4.58. The molecule has 0 aliphatic rings. The Labute approximate surface area is 204 Å². The molecule has 3 aromatic rings. The fraction of sp³-hybridized carbons (Fsp3) is 0.261. The zero-order valence-electron chi connectivity index (χ0n) is 18.5. The number of benzene rings is 2. The molecule has 7 nitrogen and oxygen atoms in total. The molecule has 2 aromatic carbocycles. The SMILES string of the molecule is Cc1c(Cl)cccc1S(=O)(=O)Nc1ncccc1OCc1ccc(Cl)c(OCCN(C)C)c1. The highest BCUT2D eigenvalue weighted by molar-refractivity contribution is 7.92. The van der Waals surface area contributed by atoms with Crippen molar-refractivity contribution in [2.75, 3.05) is 32.0 Å². The number of nitrogens with one attached hydrogen (secondary N) is 1. The fourth-order valence-electron chi connectivity index (χ4n) is 2.89. The molecule has 0 aliphatic heterocycles. The summed E-state index contributed by atoms with van der Waals surface area (Å²) >= 11 is 12.3. The maximum absolute atomic E-state index is 12.9. The summed E-state index contributed by atoms with van der Waals surface area (Å²) in [6.45, 7) is 3.06. The highest BCUT2D eigenvalue weighted by Gasteiger charge is 2.21. The lowest BCUT2D eigenvalue weighted by Gasteiger charge is -2.15. The summed E-state index contributed by atoms with van der Waals surface area (Å²) in [6.07, 6.45) is 1.48. The van der Waals surface area contributed by atoms with Gasteiger partial charge >= 0.3 is 0 Å². The summed E-state index contributed by atoms with van der Waals surface area (Å²) in [5.74, 6) is 0.919. The Kier molecular flexibility index (Phi) is 8.42. The number of hydrogen-bond acceptors (Lipinski definition) is 6. The summed E-state index contributed by atoms with van der Waals surface area (Å²) in [5, 5.41) is 0.867. The third-order valence-electron chi connectivity index (χ3n) is 4.70. The maximum atomic E-state index is 12.9. The van der Waals surface area contributed by atoms with E-state index in [1.165, 1.54) is 12.3 Å². The standard InChI is InChI=1S/C23H25Cl2N3O4S/c1-16-18(24)6-4-8-22(16)33(29,30)27-23-20(7-5-11-26-23)32-15-17-9-10-19(25)21(14-17)31-13-12-28(2)3/h4-11,14H,12-13,15H2,1-3H3,(H,26,27). The first kappa shape index (κ1) is 25.1. The summed E-state index contributed by atoms with van der Waals surface area (Å²) in [5.41, 5.74) is 1.26. The van der Waals surface area contributed by atoms with Gasteiger partial charge in [0.1, 0.15) is 19.0 Å². The third-order valence-corrected chi connectivity index (χ3v) is 6.90. The molecule has 0 bridgehead atoms. The van der Waals surface area contributed by atoms with Crippen LogP contribution in [0.15, 0.2) is 59.6 Å². The Morgan fingerprint density at radius 2 is 1.79 bits per heavy atom. The zero-order valence-corrected chi connectivity index (χ0v) is 20.8. The largest absolute Gasteiger partial charge is 0.491 e. The van der Waals surface area contributed by atoms with E-state index in [-0.39, 0.29) is 23.1 Å². The highest BCUT2D eigenvalue weighted by atomic mass is 35.5. The molecule has 176 valence electrons. The van der Waals surface area contributed by atoms with Gasteiger partial charge < -0.3 is 14.4 Å². The predicted molar refractivity (Wildman–Crippen MR) is 131 cm³/mol. The molecule has 10 heteroatoms. The number of rotatable bonds is 10. The second-order valence-electron chi connectivity index (χ2n) is 7.52. The van der Waals surface area contributed by atoms with E-state index in [1.807, 2.05) is 25.1 Å². The smallest absolute Gasteiger partial charge is 0.263 e. The molecule has 0 aliphatic carbocycles. The average Bonchev–Trinajstić information content (AvgIpc) is 2.76. The van der Waals surface area contributed by atoms with E-state index < -0.39 is 10.0 Å². The molecule has 0 spiro atoms. The molecule has 0 radical (unpaired) electrons. The number of aromatic nitrogens is 1. The van der Waals surface area contributed by atoms with Crippen LogP contribution < -0.4 is 14.2 Å². The van der Waals surface area contributed by atoms with E-state index in [4.69, 9.17) is 32.7 Å². The first-order chi connectivity index (χ1) is 15.7. The lowest BCUT2D eigenvalue weighted by Crippen LogP contribution is -2.19. The minimum atomic E-state index is -3.92. The average molecular weight is 510 g/mol. The molecule has 1 N–H and O–H groups in total. The van der Waals surface area contributed by atoms with Gasteiger partial charge in [0.2, 0.25) is 0 Å². The number of sulfonamides is 1. The normalized spacial score (nSPS) is 11.5. The Morgan fingerprint density at radius 3 is 2.55 bits per heavy atom. The Morgan fingerprint density at radius 1 is 1.00 bits per heavy atom. The highest BCUT2D eigenvalue weighted by Crippen LogP contribution is 2.30. The van der Waals surface area contributed by atoms with Gasteiger partial charge in [-0.1, -0.05) is 35.3 Å². The van der Waals surface area contributed by atoms with Crippen molar-refractivity contribution in [1.29, 1.82) is 0 Å². The molecule has 33 heavy (non-hydrogen) atoms. The van der Waals surface area contributed by atoms with Gasteiger partial charge in [-0.05, 0) is 68.5 Å². The van der Waals surface area contributed by atoms with Crippen LogP contribution in [0.4, 0.5) is 5.82 Å². The van der Waals surface area contributed by atoms with Crippen LogP contribution >= 0.6 is 23.2 Å². The molecule has 0 amide bonds. The summed E-state index contributed by atoms with van der Waals surface area (Å²) < 4.78 is 40.0. The van der Waals surface area contributed by atoms with Crippen LogP contribution in [0.3, 0.4) is 0 Å². The predicted octanol–water partition coefficient (Wildman–Crippen LogP) is 5.02. The van der Waals surface area contributed by atoms with Crippen LogP contribution in [0, 0.1) is 6.92 Å². The molecular formula is C23H25Cl2N3O4S. The molecule has 0 fully saturated rings. The van der Waals surface area contributed by atoms with E-state index >= 15 is 0 Å². The minimum Gasteiger partial charge on any atom is -0.491 e. The molecule has 3 rings (SSSR count). The van der Waals surface area contributed by atoms with Gasteiger partial charge in [-0.25, -0.2) is 13.4 Å². The number of halogens is 2. The van der Waals surface area contributed by atoms with Gasteiger partial charge in [0, 0.05) is 17.8 Å². The second-order valence-corrected chi connectivity index (χ2v) is 9.99. The van der Waals surface area contributed by atoms with E-state index in [2.05, 4.69) is 9.71 Å². The second kappa shape index (κ2) is 11.1. The Balaban J connectivity index is 1.75. The monoisotopic (exact) mass is 509 g/mol. The van der Waals surface area contributed by atoms with Crippen LogP contribution in [-0.2, 0) is 16.6 Å². The van der Waals surface area contributed by atoms with Gasteiger partial charge in [0.25, 0.3) is 10.0 Å². The number of ether oxygens (including phenoxy) is 2. The van der Waals surface area contributed by atoms with Crippen LogP contribution in [0.5, 0.6) is 11.5 Å². The van der Waals surface area contributed by atoms with E-state index in [0.29, 0.717) is 28.0 Å². The van der Waals surface area contributed by atoms with Crippen molar-refractivity contribution in [2.24, 2.45) is 0 Å². The van der Waals surface area contributed by atoms with E-state index in [1.54, 1.807) is 43.3 Å². The van der Waals surface area contributed by atoms with Crippen molar-refractivity contribution in [3.63, 3.8) is 0 Å². The minimum absolute atomic E-state index is 0.0730. The summed E-state index contributed by atoms with van der Waals surface area (Å²) in [6, 6.07) is 13.4. The Bertz CT molecular complexity index is 1220. The molecular weight excluding hydrogens is 485 g/mol. The third kappa shape index (κ3) is 6.74. The van der Waals surface area contributed by atoms with Gasteiger partial charge in [-0.2, -0.15) is 0 Å². The molecule has 1 aromatic heterocycles. The van der Waals surface area contributed by atoms with Gasteiger partial charge in [-0.3, -0.25) is 4.72 Å². The van der Waals surface area contributed by atoms with Gasteiger partial charge in [0.15, 0.2) is 11.6 Å². The topological polar surface area (TPSA) is 80.8 Å². The van der Waals surface area contributed by atoms with E-state index in [9.17, 15) is 8.42 Å². The van der Waals surface area contributed by atoms with Crippen LogP contribution in [0.25, 0.3) is 0 Å². The number of hydrogen-bond donors (Lipinski definition) is 1. The van der Waals surface area contributed by atoms with Crippen molar-refractivity contribution in [2.45, 2.75) is 18.4 Å². The number of nitrogens with zero attached hydrogens (tertiary/aromatic N) is 2. The first-order valence-electron chi connectivity index (χ1n) is 10.1. The lowest BCUT2D eigenvalue weighted by molar-refractivity contribution is 0.260. The van der Waals surface area contributed by atoms with Crippen molar-refractivity contribution in [3.8, 4) is 11.5 Å². The van der Waals surface area contributed by atoms with Gasteiger partial charge in [0.05, 0.1) is 9.92 Å². The van der Waals surface area contributed by atoms with Crippen molar-refractivity contribution >= 4 is 39.0 Å². The van der Waals surface area contributed by atoms with E-state index in [0.717, 1.165) is 12.1 Å².